The SMILES string of the molecule is [B]OC(=O)C1=C(CCl)CS(=O)[C@@H]2[C@H](NC(=O)/C(=N\O[C@@H](C)C(=O)O[B])c3csc(NC(=O)OC(C)(C)C)n3)C(=O)N12. The average molecular weight is 626 g/mol. The molecule has 4 atom stereocenters. The van der Waals surface area contributed by atoms with Crippen LogP contribution in [0.5, 0.6) is 0 Å². The number of alkyl halides is 1. The van der Waals surface area contributed by atoms with Gasteiger partial charge in [0.15, 0.2) is 10.8 Å². The predicted molar refractivity (Wildman–Crippen MR) is 146 cm³/mol. The average Bonchev–Trinajstić information content (AvgIpc) is 3.36. The molecule has 216 valence electrons. The van der Waals surface area contributed by atoms with Gasteiger partial charge in [-0.2, -0.15) is 0 Å². The number of aromatic nitrogens is 1. The molecule has 0 saturated carbocycles. The van der Waals surface area contributed by atoms with Crippen molar-refractivity contribution in [3.8, 4) is 0 Å². The summed E-state index contributed by atoms with van der Waals surface area (Å²) in [6.07, 6.45) is -2.16. The second kappa shape index (κ2) is 13.0. The van der Waals surface area contributed by atoms with Crippen molar-refractivity contribution in [2.24, 2.45) is 5.16 Å². The lowest BCUT2D eigenvalue weighted by atomic mass is 10.0. The molecule has 41 heavy (non-hydrogen) atoms. The zero-order valence-electron chi connectivity index (χ0n) is 22.0. The summed E-state index contributed by atoms with van der Waals surface area (Å²) in [6, 6.07) is -1.37. The van der Waals surface area contributed by atoms with E-state index in [1.54, 1.807) is 20.8 Å². The highest BCUT2D eigenvalue weighted by atomic mass is 35.5. The van der Waals surface area contributed by atoms with Crippen molar-refractivity contribution in [3.63, 3.8) is 0 Å². The van der Waals surface area contributed by atoms with Gasteiger partial charge in [0.2, 0.25) is 6.10 Å². The lowest BCUT2D eigenvalue weighted by Gasteiger charge is -2.49. The fourth-order valence-corrected chi connectivity index (χ4v) is 6.22. The second-order valence-corrected chi connectivity index (χ2v) is 12.0. The van der Waals surface area contributed by atoms with Gasteiger partial charge in [0.05, 0.1) is 16.6 Å². The minimum Gasteiger partial charge on any atom is -0.541 e. The largest absolute Gasteiger partial charge is 0.541 e. The number of nitrogens with one attached hydrogen (secondary N) is 2. The van der Waals surface area contributed by atoms with Crippen LogP contribution in [0.4, 0.5) is 9.93 Å². The van der Waals surface area contributed by atoms with E-state index >= 15 is 0 Å². The first-order chi connectivity index (χ1) is 19.2. The van der Waals surface area contributed by atoms with E-state index in [-0.39, 0.29) is 33.7 Å². The summed E-state index contributed by atoms with van der Waals surface area (Å²) >= 11 is 6.76. The van der Waals surface area contributed by atoms with Gasteiger partial charge in [-0.25, -0.2) is 19.4 Å². The Bertz CT molecular complexity index is 1350. The lowest BCUT2D eigenvalue weighted by Crippen LogP contribution is -2.74. The van der Waals surface area contributed by atoms with Crippen molar-refractivity contribution in [1.82, 2.24) is 15.2 Å². The third-order valence-corrected chi connectivity index (χ3v) is 8.01. The number of thiazole rings is 1. The van der Waals surface area contributed by atoms with Gasteiger partial charge < -0.3 is 24.2 Å². The summed E-state index contributed by atoms with van der Waals surface area (Å²) in [4.78, 5) is 72.3. The zero-order chi connectivity index (χ0) is 30.6. The molecule has 4 radical (unpaired) electrons. The molecule has 1 saturated heterocycles. The van der Waals surface area contributed by atoms with Gasteiger partial charge >= 0.3 is 34.1 Å². The number of hydrogen-bond acceptors (Lipinski definition) is 13. The van der Waals surface area contributed by atoms with E-state index in [0.717, 1.165) is 16.2 Å². The highest BCUT2D eigenvalue weighted by Gasteiger charge is 2.57. The van der Waals surface area contributed by atoms with Crippen molar-refractivity contribution in [2.75, 3.05) is 16.9 Å². The Morgan fingerprint density at radius 1 is 1.29 bits per heavy atom. The van der Waals surface area contributed by atoms with Crippen LogP contribution in [0.25, 0.3) is 0 Å². The molecule has 2 N–H and O–H groups in total. The highest BCUT2D eigenvalue weighted by molar-refractivity contribution is 7.86. The van der Waals surface area contributed by atoms with E-state index in [9.17, 15) is 28.2 Å². The third kappa shape index (κ3) is 7.26. The molecule has 1 aromatic heterocycles. The quantitative estimate of drug-likeness (QED) is 0.121. The Hall–Kier alpha value is -3.44. The van der Waals surface area contributed by atoms with Crippen molar-refractivity contribution in [3.05, 3.63) is 22.3 Å². The second-order valence-electron chi connectivity index (χ2n) is 9.36. The normalized spacial score (nSPS) is 21.2. The number of fused-ring (bicyclic) bond motifs is 1. The lowest BCUT2D eigenvalue weighted by molar-refractivity contribution is -0.149. The first-order valence-corrected chi connectivity index (χ1v) is 14.3. The van der Waals surface area contributed by atoms with Crippen molar-refractivity contribution in [2.45, 2.75) is 50.8 Å². The number of rotatable bonds is 9. The number of amides is 3. The van der Waals surface area contributed by atoms with Crippen LogP contribution in [0.1, 0.15) is 33.4 Å². The molecule has 2 aliphatic heterocycles. The fourth-order valence-electron chi connectivity index (χ4n) is 3.52. The zero-order valence-corrected chi connectivity index (χ0v) is 24.4. The summed E-state index contributed by atoms with van der Waals surface area (Å²) in [5.74, 6) is -4.30. The fraction of sp³-hybridized carbons (Fsp3) is 0.476. The standard InChI is InChI=1S/C21H22B2ClN5O10S2/c1-8(17(32)37-22)39-28-11(10-6-40-19(25-10)27-20(34)36-21(2,3)4)14(30)26-12-15(31)29-13(18(33)38-23)9(5-24)7-41(35)16(12)29/h6,8,12,16H,5,7H2,1-4H3,(H,26,30)(H,25,27,34)/b28-11-/t8-,12+,16+,41?/m0/s1. The third-order valence-electron chi connectivity index (χ3n) is 5.27. The smallest absolute Gasteiger partial charge is 0.413 e. The number of hydrogen-bond donors (Lipinski definition) is 2. The van der Waals surface area contributed by atoms with Gasteiger partial charge in [0, 0.05) is 11.3 Å². The first-order valence-electron chi connectivity index (χ1n) is 11.5. The monoisotopic (exact) mass is 625 g/mol. The highest BCUT2D eigenvalue weighted by Crippen LogP contribution is 2.35. The number of β-lactam (4-membered cyclic amide) rings is 1. The summed E-state index contributed by atoms with van der Waals surface area (Å²) < 4.78 is 26.4. The molecule has 2 aliphatic rings. The maximum absolute atomic E-state index is 13.3. The van der Waals surface area contributed by atoms with E-state index in [4.69, 9.17) is 37.3 Å². The van der Waals surface area contributed by atoms with E-state index < -0.39 is 69.5 Å². The first kappa shape index (κ1) is 32.1. The topological polar surface area (TPSA) is 192 Å². The van der Waals surface area contributed by atoms with Gasteiger partial charge in [0.1, 0.15) is 28.4 Å². The minimum absolute atomic E-state index is 0.0205. The van der Waals surface area contributed by atoms with Gasteiger partial charge in [-0.3, -0.25) is 24.0 Å². The molecule has 1 unspecified atom stereocenters. The van der Waals surface area contributed by atoms with Crippen LogP contribution in [0.2, 0.25) is 0 Å². The number of anilines is 1. The van der Waals surface area contributed by atoms with E-state index in [0.29, 0.717) is 0 Å². The Balaban J connectivity index is 1.87. The van der Waals surface area contributed by atoms with Crippen molar-refractivity contribution in [1.29, 1.82) is 0 Å². The number of carbonyl (C=O) groups is 5. The minimum atomic E-state index is -1.77. The molecule has 20 heteroatoms. The summed E-state index contributed by atoms with van der Waals surface area (Å²) in [6.45, 7) is 6.23. The van der Waals surface area contributed by atoms with Gasteiger partial charge in [-0.15, -0.1) is 22.9 Å². The summed E-state index contributed by atoms with van der Waals surface area (Å²) in [7, 11) is 8.05. The van der Waals surface area contributed by atoms with Crippen LogP contribution in [-0.2, 0) is 48.9 Å². The molecule has 0 aromatic carbocycles. The maximum Gasteiger partial charge on any atom is 0.413 e. The number of ether oxygens (including phenoxy) is 1. The molecule has 3 heterocycles. The molecule has 3 amide bonds. The van der Waals surface area contributed by atoms with E-state index in [1.165, 1.54) is 12.3 Å². The van der Waals surface area contributed by atoms with Crippen LogP contribution in [-0.4, -0.2) is 101 Å². The van der Waals surface area contributed by atoms with E-state index in [1.807, 2.05) is 0 Å². The van der Waals surface area contributed by atoms with Crippen molar-refractivity contribution < 1.29 is 47.1 Å². The van der Waals surface area contributed by atoms with Gasteiger partial charge in [-0.05, 0) is 33.3 Å². The molecule has 1 fully saturated rings. The molecule has 15 nitrogen and oxygen atoms in total. The number of nitrogens with zero attached hydrogens (tertiary/aromatic N) is 3. The van der Waals surface area contributed by atoms with Crippen molar-refractivity contribution >= 4 is 90.5 Å². The number of carbonyl (C=O) groups excluding carboxylic acids is 5. The van der Waals surface area contributed by atoms with Crippen LogP contribution in [0, 0.1) is 0 Å². The molecular formula is C21H22B2ClN5O10S2. The molecule has 1 aromatic rings. The Morgan fingerprint density at radius 2 is 1.98 bits per heavy atom. The number of halogens is 1. The molecule has 3 rings (SSSR count). The Labute approximate surface area is 247 Å². The summed E-state index contributed by atoms with van der Waals surface area (Å²) in [5, 5.41) is 8.68. The molecule has 0 bridgehead atoms. The van der Waals surface area contributed by atoms with E-state index in [2.05, 4.69) is 30.1 Å². The Morgan fingerprint density at radius 3 is 2.56 bits per heavy atom. The molecule has 0 aliphatic carbocycles. The maximum atomic E-state index is 13.3. The van der Waals surface area contributed by atoms with Crippen LogP contribution in [0.15, 0.2) is 21.8 Å². The van der Waals surface area contributed by atoms with Crippen LogP contribution in [0.3, 0.4) is 0 Å². The Kier molecular flexibility index (Phi) is 10.2. The van der Waals surface area contributed by atoms with Gasteiger partial charge in [-0.1, -0.05) is 5.16 Å². The molecular weight excluding hydrogens is 603 g/mol. The number of oxime groups is 1. The predicted octanol–water partition coefficient (Wildman–Crippen LogP) is -0.239. The molecule has 0 spiro atoms. The van der Waals surface area contributed by atoms with Gasteiger partial charge in [0.25, 0.3) is 11.8 Å². The van der Waals surface area contributed by atoms with Crippen LogP contribution < -0.4 is 10.6 Å². The van der Waals surface area contributed by atoms with Crippen LogP contribution >= 0.6 is 22.9 Å². The summed E-state index contributed by atoms with van der Waals surface area (Å²) in [5.41, 5.74) is -1.52.